The van der Waals surface area contributed by atoms with Crippen LogP contribution >= 0.6 is 11.6 Å². The maximum absolute atomic E-state index is 5.73. The van der Waals surface area contributed by atoms with E-state index in [4.69, 9.17) is 16.3 Å². The topological polar surface area (TPSA) is 9.23 Å². The van der Waals surface area contributed by atoms with Gasteiger partial charge >= 0.3 is 0 Å². The molecule has 3 unspecified atom stereocenters. The molecule has 0 aromatic heterocycles. The zero-order chi connectivity index (χ0) is 6.97. The molecule has 2 aliphatic rings. The van der Waals surface area contributed by atoms with Crippen LogP contribution in [0.3, 0.4) is 0 Å². The minimum atomic E-state index is 0.827. The summed E-state index contributed by atoms with van der Waals surface area (Å²) >= 11 is 5.73. The van der Waals surface area contributed by atoms with Gasteiger partial charge in [0.25, 0.3) is 0 Å². The molecule has 2 fully saturated rings. The van der Waals surface area contributed by atoms with Crippen LogP contribution in [0.25, 0.3) is 0 Å². The van der Waals surface area contributed by atoms with Gasteiger partial charge in [-0.1, -0.05) is 0 Å². The molecule has 1 nitrogen and oxygen atoms in total. The molecule has 1 aliphatic heterocycles. The summed E-state index contributed by atoms with van der Waals surface area (Å²) in [5.41, 5.74) is 0. The second-order valence-electron chi connectivity index (χ2n) is 3.44. The lowest BCUT2D eigenvalue weighted by Gasteiger charge is -2.03. The van der Waals surface area contributed by atoms with Crippen LogP contribution in [0.15, 0.2) is 0 Å². The van der Waals surface area contributed by atoms with E-state index in [1.165, 1.54) is 12.8 Å². The Bertz CT molecular complexity index is 120. The third kappa shape index (κ3) is 1.17. The standard InChI is InChI=1S/C8H13ClO/c9-4-7-3-8(7)6-1-2-10-5-6/h6-8H,1-5H2. The van der Waals surface area contributed by atoms with E-state index in [9.17, 15) is 0 Å². The number of alkyl halides is 1. The summed E-state index contributed by atoms with van der Waals surface area (Å²) in [5, 5.41) is 0. The van der Waals surface area contributed by atoms with E-state index in [2.05, 4.69) is 0 Å². The molecular formula is C8H13ClO. The normalized spacial score (nSPS) is 45.9. The van der Waals surface area contributed by atoms with E-state index in [0.29, 0.717) is 0 Å². The SMILES string of the molecule is ClCC1CC1C1CCOC1. The van der Waals surface area contributed by atoms with Gasteiger partial charge in [0.15, 0.2) is 0 Å². The van der Waals surface area contributed by atoms with Crippen molar-refractivity contribution in [2.45, 2.75) is 12.8 Å². The Kier molecular flexibility index (Phi) is 1.88. The molecule has 2 heteroatoms. The summed E-state index contributed by atoms with van der Waals surface area (Å²) in [6.45, 7) is 1.98. The number of rotatable bonds is 2. The van der Waals surface area contributed by atoms with Gasteiger partial charge in [-0.3, -0.25) is 0 Å². The highest BCUT2D eigenvalue weighted by molar-refractivity contribution is 6.18. The first-order valence-electron chi connectivity index (χ1n) is 4.05. The Morgan fingerprint density at radius 2 is 2.40 bits per heavy atom. The third-order valence-electron chi connectivity index (χ3n) is 2.75. The van der Waals surface area contributed by atoms with Crippen LogP contribution in [0.1, 0.15) is 12.8 Å². The predicted molar refractivity (Wildman–Crippen MR) is 41.2 cm³/mol. The van der Waals surface area contributed by atoms with Gasteiger partial charge in [-0.15, -0.1) is 11.6 Å². The van der Waals surface area contributed by atoms with Gasteiger partial charge in [-0.2, -0.15) is 0 Å². The second kappa shape index (κ2) is 2.71. The third-order valence-corrected chi connectivity index (χ3v) is 3.14. The van der Waals surface area contributed by atoms with Gasteiger partial charge in [0.1, 0.15) is 0 Å². The fourth-order valence-electron chi connectivity index (χ4n) is 1.92. The summed E-state index contributed by atoms with van der Waals surface area (Å²) in [4.78, 5) is 0. The highest BCUT2D eigenvalue weighted by Crippen LogP contribution is 2.47. The van der Waals surface area contributed by atoms with Gasteiger partial charge in [0, 0.05) is 19.1 Å². The molecule has 1 saturated carbocycles. The Morgan fingerprint density at radius 3 is 2.90 bits per heavy atom. The monoisotopic (exact) mass is 160 g/mol. The first kappa shape index (κ1) is 6.93. The zero-order valence-corrected chi connectivity index (χ0v) is 6.81. The summed E-state index contributed by atoms with van der Waals surface area (Å²) in [5.74, 6) is 3.46. The molecule has 58 valence electrons. The molecule has 0 bridgehead atoms. The van der Waals surface area contributed by atoms with Crippen LogP contribution in [0.4, 0.5) is 0 Å². The fraction of sp³-hybridized carbons (Fsp3) is 1.00. The molecule has 1 heterocycles. The van der Waals surface area contributed by atoms with Crippen LogP contribution in [0, 0.1) is 17.8 Å². The average molecular weight is 161 g/mol. The number of hydrogen-bond donors (Lipinski definition) is 0. The summed E-state index contributed by atoms with van der Waals surface area (Å²) in [6.07, 6.45) is 2.63. The molecular weight excluding hydrogens is 148 g/mol. The van der Waals surface area contributed by atoms with Gasteiger partial charge in [-0.05, 0) is 30.6 Å². The Balaban J connectivity index is 1.79. The molecule has 2 rings (SSSR count). The van der Waals surface area contributed by atoms with Gasteiger partial charge in [0.05, 0.1) is 0 Å². The predicted octanol–water partition coefficient (Wildman–Crippen LogP) is 1.90. The molecule has 1 saturated heterocycles. The van der Waals surface area contributed by atoms with Crippen molar-refractivity contribution in [2.75, 3.05) is 19.1 Å². The summed E-state index contributed by atoms with van der Waals surface area (Å²) in [7, 11) is 0. The minimum Gasteiger partial charge on any atom is -0.381 e. The van der Waals surface area contributed by atoms with E-state index >= 15 is 0 Å². The van der Waals surface area contributed by atoms with Crippen molar-refractivity contribution in [3.05, 3.63) is 0 Å². The van der Waals surface area contributed by atoms with Crippen molar-refractivity contribution in [3.8, 4) is 0 Å². The van der Waals surface area contributed by atoms with Crippen LogP contribution in [0.2, 0.25) is 0 Å². The maximum atomic E-state index is 5.73. The lowest BCUT2D eigenvalue weighted by molar-refractivity contribution is 0.181. The lowest BCUT2D eigenvalue weighted by atomic mass is 10.0. The van der Waals surface area contributed by atoms with Gasteiger partial charge in [-0.25, -0.2) is 0 Å². The van der Waals surface area contributed by atoms with Crippen molar-refractivity contribution >= 4 is 11.6 Å². The van der Waals surface area contributed by atoms with Crippen molar-refractivity contribution < 1.29 is 4.74 Å². The lowest BCUT2D eigenvalue weighted by Crippen LogP contribution is -2.03. The van der Waals surface area contributed by atoms with Crippen LogP contribution in [-0.2, 0) is 4.74 Å². The molecule has 0 aromatic carbocycles. The number of halogens is 1. The molecule has 0 radical (unpaired) electrons. The van der Waals surface area contributed by atoms with Crippen molar-refractivity contribution in [1.82, 2.24) is 0 Å². The van der Waals surface area contributed by atoms with Gasteiger partial charge in [0.2, 0.25) is 0 Å². The van der Waals surface area contributed by atoms with Crippen LogP contribution < -0.4 is 0 Å². The minimum absolute atomic E-state index is 0.827. The first-order valence-corrected chi connectivity index (χ1v) is 4.59. The zero-order valence-electron chi connectivity index (χ0n) is 6.05. The van der Waals surface area contributed by atoms with Crippen LogP contribution in [-0.4, -0.2) is 19.1 Å². The van der Waals surface area contributed by atoms with Gasteiger partial charge < -0.3 is 4.74 Å². The smallest absolute Gasteiger partial charge is 0.0497 e. The van der Waals surface area contributed by atoms with Crippen molar-refractivity contribution in [3.63, 3.8) is 0 Å². The van der Waals surface area contributed by atoms with E-state index in [1.54, 1.807) is 0 Å². The molecule has 0 spiro atoms. The number of hydrogen-bond acceptors (Lipinski definition) is 1. The Labute approximate surface area is 66.7 Å². The fourth-order valence-corrected chi connectivity index (χ4v) is 2.27. The Hall–Kier alpha value is 0.250. The van der Waals surface area contributed by atoms with E-state index in [1.807, 2.05) is 0 Å². The highest BCUT2D eigenvalue weighted by atomic mass is 35.5. The maximum Gasteiger partial charge on any atom is 0.0497 e. The largest absolute Gasteiger partial charge is 0.381 e. The highest BCUT2D eigenvalue weighted by Gasteiger charge is 2.43. The van der Waals surface area contributed by atoms with E-state index < -0.39 is 0 Å². The molecule has 1 aliphatic carbocycles. The quantitative estimate of drug-likeness (QED) is 0.561. The Morgan fingerprint density at radius 1 is 1.50 bits per heavy atom. The summed E-state index contributed by atoms with van der Waals surface area (Å²) in [6, 6.07) is 0. The number of ether oxygens (including phenoxy) is 1. The van der Waals surface area contributed by atoms with Crippen molar-refractivity contribution in [1.29, 1.82) is 0 Å². The molecule has 0 N–H and O–H groups in total. The van der Waals surface area contributed by atoms with Crippen molar-refractivity contribution in [2.24, 2.45) is 17.8 Å². The van der Waals surface area contributed by atoms with Crippen LogP contribution in [0.5, 0.6) is 0 Å². The molecule has 3 atom stereocenters. The second-order valence-corrected chi connectivity index (χ2v) is 3.75. The average Bonchev–Trinajstić information content (AvgIpc) is 2.56. The van der Waals surface area contributed by atoms with E-state index in [0.717, 1.165) is 36.8 Å². The molecule has 0 amide bonds. The summed E-state index contributed by atoms with van der Waals surface area (Å²) < 4.78 is 5.31. The first-order chi connectivity index (χ1) is 4.92. The molecule has 10 heavy (non-hydrogen) atoms. The van der Waals surface area contributed by atoms with E-state index in [-0.39, 0.29) is 0 Å². The molecule has 0 aromatic rings.